The van der Waals surface area contributed by atoms with Crippen molar-refractivity contribution >= 4 is 28.3 Å². The first-order valence-electron chi connectivity index (χ1n) is 11.7. The average molecular weight is 429 g/mol. The second kappa shape index (κ2) is 7.38. The first-order chi connectivity index (χ1) is 16.1. The van der Waals surface area contributed by atoms with Crippen LogP contribution in [0.2, 0.25) is 0 Å². The smallest absolute Gasteiger partial charge is 0.0491 e. The van der Waals surface area contributed by atoms with Crippen LogP contribution in [0.1, 0.15) is 36.1 Å². The molecule has 0 aromatic heterocycles. The van der Waals surface area contributed by atoms with Crippen LogP contribution in [0.15, 0.2) is 104 Å². The summed E-state index contributed by atoms with van der Waals surface area (Å²) in [6.07, 6.45) is 0. The SMILES string of the molecule is C=C1c2ccccc2N(CCN2c3ccccc3C(C)(C)c3ccccc32)c2ccccc21. The van der Waals surface area contributed by atoms with Gasteiger partial charge in [-0.15, -0.1) is 0 Å². The molecule has 0 radical (unpaired) electrons. The van der Waals surface area contributed by atoms with Gasteiger partial charge in [0.2, 0.25) is 0 Å². The van der Waals surface area contributed by atoms with Gasteiger partial charge in [0.05, 0.1) is 0 Å². The molecule has 0 bridgehead atoms. The molecule has 2 aliphatic heterocycles. The van der Waals surface area contributed by atoms with E-state index in [0.717, 1.165) is 18.7 Å². The number of para-hydroxylation sites is 4. The van der Waals surface area contributed by atoms with Gasteiger partial charge in [-0.3, -0.25) is 0 Å². The number of rotatable bonds is 3. The van der Waals surface area contributed by atoms with E-state index >= 15 is 0 Å². The van der Waals surface area contributed by atoms with Crippen molar-refractivity contribution in [1.82, 2.24) is 0 Å². The topological polar surface area (TPSA) is 6.48 Å². The lowest BCUT2D eigenvalue weighted by molar-refractivity contribution is 0.624. The summed E-state index contributed by atoms with van der Waals surface area (Å²) in [5.74, 6) is 0. The lowest BCUT2D eigenvalue weighted by Crippen LogP contribution is -2.37. The van der Waals surface area contributed by atoms with Crippen LogP contribution in [0.4, 0.5) is 22.7 Å². The molecule has 4 aromatic rings. The Balaban J connectivity index is 1.43. The van der Waals surface area contributed by atoms with Crippen molar-refractivity contribution in [3.05, 3.63) is 126 Å². The third-order valence-electron chi connectivity index (χ3n) is 7.32. The molecule has 0 N–H and O–H groups in total. The third-order valence-corrected chi connectivity index (χ3v) is 7.32. The molecule has 0 unspecified atom stereocenters. The van der Waals surface area contributed by atoms with Gasteiger partial charge in [-0.1, -0.05) is 93.2 Å². The van der Waals surface area contributed by atoms with E-state index in [0.29, 0.717) is 0 Å². The fraction of sp³-hybridized carbons (Fsp3) is 0.161. The van der Waals surface area contributed by atoms with Crippen molar-refractivity contribution in [1.29, 1.82) is 0 Å². The minimum absolute atomic E-state index is 0.0221. The molecule has 0 spiro atoms. The second-order valence-corrected chi connectivity index (χ2v) is 9.48. The fourth-order valence-corrected chi connectivity index (χ4v) is 5.63. The Morgan fingerprint density at radius 2 is 0.909 bits per heavy atom. The quantitative estimate of drug-likeness (QED) is 0.330. The Morgan fingerprint density at radius 1 is 0.545 bits per heavy atom. The zero-order chi connectivity index (χ0) is 22.6. The van der Waals surface area contributed by atoms with E-state index in [2.05, 4.69) is 127 Å². The monoisotopic (exact) mass is 428 g/mol. The molecular weight excluding hydrogens is 400 g/mol. The number of hydrogen-bond acceptors (Lipinski definition) is 2. The largest absolute Gasteiger partial charge is 0.339 e. The first-order valence-corrected chi connectivity index (χ1v) is 11.7. The van der Waals surface area contributed by atoms with Gasteiger partial charge in [0.1, 0.15) is 0 Å². The lowest BCUT2D eigenvalue weighted by atomic mass is 9.73. The molecule has 0 fully saturated rings. The van der Waals surface area contributed by atoms with Crippen LogP contribution in [0.25, 0.3) is 5.57 Å². The fourth-order valence-electron chi connectivity index (χ4n) is 5.63. The minimum atomic E-state index is -0.0221. The van der Waals surface area contributed by atoms with E-state index in [1.165, 1.54) is 45.0 Å². The predicted octanol–water partition coefficient (Wildman–Crippen LogP) is 7.68. The maximum Gasteiger partial charge on any atom is 0.0491 e. The highest BCUT2D eigenvalue weighted by Gasteiger charge is 2.36. The van der Waals surface area contributed by atoms with Gasteiger partial charge in [0, 0.05) is 52.4 Å². The Hall–Kier alpha value is -3.78. The molecule has 0 atom stereocenters. The normalized spacial score (nSPS) is 15.4. The number of anilines is 4. The van der Waals surface area contributed by atoms with Crippen molar-refractivity contribution in [2.75, 3.05) is 22.9 Å². The van der Waals surface area contributed by atoms with E-state index in [1.54, 1.807) is 0 Å². The molecule has 2 nitrogen and oxygen atoms in total. The Labute approximate surface area is 196 Å². The van der Waals surface area contributed by atoms with Crippen LogP contribution >= 0.6 is 0 Å². The van der Waals surface area contributed by atoms with Gasteiger partial charge in [-0.2, -0.15) is 0 Å². The summed E-state index contributed by atoms with van der Waals surface area (Å²) in [6, 6.07) is 35.0. The Kier molecular flexibility index (Phi) is 4.45. The number of hydrogen-bond donors (Lipinski definition) is 0. The predicted molar refractivity (Wildman–Crippen MR) is 140 cm³/mol. The maximum absolute atomic E-state index is 4.42. The summed E-state index contributed by atoms with van der Waals surface area (Å²) < 4.78 is 0. The van der Waals surface area contributed by atoms with Gasteiger partial charge < -0.3 is 9.80 Å². The zero-order valence-corrected chi connectivity index (χ0v) is 19.3. The average Bonchev–Trinajstić information content (AvgIpc) is 2.86. The maximum atomic E-state index is 4.42. The van der Waals surface area contributed by atoms with Gasteiger partial charge in [0.15, 0.2) is 0 Å². The van der Waals surface area contributed by atoms with Gasteiger partial charge in [-0.05, 0) is 41.0 Å². The second-order valence-electron chi connectivity index (χ2n) is 9.48. The molecule has 33 heavy (non-hydrogen) atoms. The zero-order valence-electron chi connectivity index (χ0n) is 19.3. The van der Waals surface area contributed by atoms with E-state index in [-0.39, 0.29) is 5.41 Å². The minimum Gasteiger partial charge on any atom is -0.339 e. The summed E-state index contributed by atoms with van der Waals surface area (Å²) in [6.45, 7) is 10.9. The summed E-state index contributed by atoms with van der Waals surface area (Å²) >= 11 is 0. The number of fused-ring (bicyclic) bond motifs is 4. The summed E-state index contributed by atoms with van der Waals surface area (Å²) in [7, 11) is 0. The number of nitrogens with zero attached hydrogens (tertiary/aromatic N) is 2. The molecule has 0 saturated heterocycles. The Morgan fingerprint density at radius 3 is 1.39 bits per heavy atom. The highest BCUT2D eigenvalue weighted by molar-refractivity contribution is 5.97. The van der Waals surface area contributed by atoms with Crippen molar-refractivity contribution in [2.24, 2.45) is 0 Å². The molecule has 2 heteroatoms. The van der Waals surface area contributed by atoms with Crippen LogP contribution in [-0.2, 0) is 5.41 Å². The van der Waals surface area contributed by atoms with Crippen LogP contribution in [0.3, 0.4) is 0 Å². The van der Waals surface area contributed by atoms with Crippen molar-refractivity contribution < 1.29 is 0 Å². The molecule has 0 saturated carbocycles. The van der Waals surface area contributed by atoms with Crippen LogP contribution in [0.5, 0.6) is 0 Å². The highest BCUT2D eigenvalue weighted by atomic mass is 15.2. The molecule has 4 aromatic carbocycles. The summed E-state index contributed by atoms with van der Waals surface area (Å²) in [4.78, 5) is 4.97. The molecule has 0 amide bonds. The number of benzene rings is 4. The molecular formula is C31H28N2. The van der Waals surface area contributed by atoms with Crippen molar-refractivity contribution in [2.45, 2.75) is 19.3 Å². The van der Waals surface area contributed by atoms with Crippen LogP contribution in [-0.4, -0.2) is 13.1 Å². The molecule has 0 aliphatic carbocycles. The van der Waals surface area contributed by atoms with Crippen LogP contribution in [0, 0.1) is 0 Å². The molecule has 2 heterocycles. The van der Waals surface area contributed by atoms with E-state index in [4.69, 9.17) is 0 Å². The van der Waals surface area contributed by atoms with Gasteiger partial charge >= 0.3 is 0 Å². The van der Waals surface area contributed by atoms with E-state index in [1.807, 2.05) is 0 Å². The van der Waals surface area contributed by atoms with Crippen molar-refractivity contribution in [3.63, 3.8) is 0 Å². The summed E-state index contributed by atoms with van der Waals surface area (Å²) in [5, 5.41) is 0. The standard InChI is InChI=1S/C31H28N2/c1-22-23-12-4-8-16-27(23)32(28-17-9-5-13-24(22)28)20-21-33-29-18-10-6-14-25(29)31(2,3)26-15-7-11-19-30(26)33/h4-19H,1,20-21H2,2-3H3. The highest BCUT2D eigenvalue weighted by Crippen LogP contribution is 2.49. The van der Waals surface area contributed by atoms with Gasteiger partial charge in [0.25, 0.3) is 0 Å². The molecule has 6 rings (SSSR count). The summed E-state index contributed by atoms with van der Waals surface area (Å²) in [5.41, 5.74) is 11.4. The van der Waals surface area contributed by atoms with E-state index in [9.17, 15) is 0 Å². The first kappa shape index (κ1) is 19.9. The van der Waals surface area contributed by atoms with Crippen LogP contribution < -0.4 is 9.80 Å². The molecule has 162 valence electrons. The van der Waals surface area contributed by atoms with E-state index < -0.39 is 0 Å². The lowest BCUT2D eigenvalue weighted by Gasteiger charge is -2.43. The van der Waals surface area contributed by atoms with Gasteiger partial charge in [-0.25, -0.2) is 0 Å². The third kappa shape index (κ3) is 2.94. The van der Waals surface area contributed by atoms with Crippen molar-refractivity contribution in [3.8, 4) is 0 Å². The Bertz CT molecular complexity index is 1280. The molecule has 2 aliphatic rings.